The van der Waals surface area contributed by atoms with Crippen molar-refractivity contribution in [3.63, 3.8) is 0 Å². The highest BCUT2D eigenvalue weighted by Gasteiger charge is 2.33. The minimum atomic E-state index is -4.58. The van der Waals surface area contributed by atoms with Gasteiger partial charge in [-0.15, -0.1) is 0 Å². The monoisotopic (exact) mass is 342 g/mol. The molecule has 6 nitrogen and oxygen atoms in total. The molecular weight excluding hydrogens is 329 g/mol. The highest BCUT2D eigenvalue weighted by Crippen LogP contribution is 2.28. The van der Waals surface area contributed by atoms with Gasteiger partial charge in [-0.25, -0.2) is 9.78 Å². The van der Waals surface area contributed by atoms with Crippen LogP contribution in [0.2, 0.25) is 0 Å². The molecule has 1 amide bonds. The van der Waals surface area contributed by atoms with Gasteiger partial charge in [0.05, 0.1) is 17.8 Å². The number of furan rings is 1. The molecule has 0 aromatic carbocycles. The highest BCUT2D eigenvalue weighted by molar-refractivity contribution is 5.95. The molecule has 9 heteroatoms. The number of carbonyl (C=O) groups excluding carboxylic acids is 1. The number of rotatable bonds is 4. The van der Waals surface area contributed by atoms with Crippen molar-refractivity contribution in [2.45, 2.75) is 26.6 Å². The fourth-order valence-corrected chi connectivity index (χ4v) is 2.06. The van der Waals surface area contributed by atoms with Crippen molar-refractivity contribution in [1.82, 2.24) is 10.3 Å². The number of carboxylic acids is 1. The second-order valence-electron chi connectivity index (χ2n) is 5.00. The molecule has 2 aromatic rings. The molecule has 2 rings (SSSR count). The van der Waals surface area contributed by atoms with Gasteiger partial charge in [-0.2, -0.15) is 13.2 Å². The molecule has 2 N–H and O–H groups in total. The van der Waals surface area contributed by atoms with Gasteiger partial charge >= 0.3 is 12.1 Å². The lowest BCUT2D eigenvalue weighted by atomic mass is 10.1. The average Bonchev–Trinajstić information content (AvgIpc) is 2.85. The molecule has 0 spiro atoms. The fraction of sp³-hybridized carbons (Fsp3) is 0.267. The van der Waals surface area contributed by atoms with Crippen LogP contribution in [-0.4, -0.2) is 22.0 Å². The Morgan fingerprint density at radius 3 is 2.42 bits per heavy atom. The number of nitrogens with zero attached hydrogens (tertiary/aromatic N) is 1. The molecule has 0 radical (unpaired) electrons. The summed E-state index contributed by atoms with van der Waals surface area (Å²) in [5.41, 5.74) is -1.18. The summed E-state index contributed by atoms with van der Waals surface area (Å²) < 4.78 is 42.9. The van der Waals surface area contributed by atoms with E-state index in [-0.39, 0.29) is 34.9 Å². The molecular formula is C15H13F3N2O4. The van der Waals surface area contributed by atoms with Gasteiger partial charge in [0.1, 0.15) is 22.8 Å². The van der Waals surface area contributed by atoms with E-state index >= 15 is 0 Å². The molecule has 128 valence electrons. The lowest BCUT2D eigenvalue weighted by molar-refractivity contribution is -0.141. The second kappa shape index (κ2) is 6.34. The van der Waals surface area contributed by atoms with Crippen LogP contribution in [0.5, 0.6) is 0 Å². The van der Waals surface area contributed by atoms with E-state index in [4.69, 9.17) is 9.52 Å². The Kier molecular flexibility index (Phi) is 4.63. The number of aryl methyl sites for hydroxylation is 2. The number of nitrogens with one attached hydrogen (secondary N) is 1. The Morgan fingerprint density at radius 2 is 1.92 bits per heavy atom. The molecule has 0 saturated heterocycles. The molecule has 0 fully saturated rings. The molecule has 0 saturated carbocycles. The lowest BCUT2D eigenvalue weighted by Crippen LogP contribution is -2.24. The number of carbonyl (C=O) groups is 2. The normalized spacial score (nSPS) is 11.4. The summed E-state index contributed by atoms with van der Waals surface area (Å²) in [6, 6.07) is 3.04. The number of carboxylic acid groups (broad SMARTS) is 1. The zero-order chi connectivity index (χ0) is 18.1. The van der Waals surface area contributed by atoms with Crippen molar-refractivity contribution in [1.29, 1.82) is 0 Å². The first-order chi connectivity index (χ1) is 11.1. The first kappa shape index (κ1) is 17.5. The van der Waals surface area contributed by atoms with Crippen LogP contribution in [-0.2, 0) is 12.7 Å². The Morgan fingerprint density at radius 1 is 1.25 bits per heavy atom. The van der Waals surface area contributed by atoms with Crippen molar-refractivity contribution in [2.24, 2.45) is 0 Å². The maximum absolute atomic E-state index is 12.6. The van der Waals surface area contributed by atoms with E-state index in [1.165, 1.54) is 19.9 Å². The number of amides is 1. The van der Waals surface area contributed by atoms with E-state index in [1.54, 1.807) is 0 Å². The average molecular weight is 342 g/mol. The Balaban J connectivity index is 2.10. The van der Waals surface area contributed by atoms with Crippen LogP contribution in [0.15, 0.2) is 22.6 Å². The molecule has 0 aliphatic rings. The predicted molar refractivity (Wildman–Crippen MR) is 75.6 cm³/mol. The molecule has 2 heterocycles. The maximum atomic E-state index is 12.6. The topological polar surface area (TPSA) is 92.4 Å². The van der Waals surface area contributed by atoms with Crippen molar-refractivity contribution in [3.05, 3.63) is 52.2 Å². The molecule has 0 atom stereocenters. The van der Waals surface area contributed by atoms with Gasteiger partial charge in [0, 0.05) is 0 Å². The van der Waals surface area contributed by atoms with Crippen molar-refractivity contribution in [3.8, 4) is 0 Å². The Bertz CT molecular complexity index is 797. The number of aromatic carboxylic acids is 1. The van der Waals surface area contributed by atoms with Crippen molar-refractivity contribution >= 4 is 11.9 Å². The van der Waals surface area contributed by atoms with Crippen LogP contribution in [0.1, 0.15) is 43.6 Å². The number of hydrogen-bond donors (Lipinski definition) is 2. The standard InChI is InChI=1S/C15H13F3N2O4/c1-7-10(3-4-12(20-7)15(16,17)18)13(21)19-6-9-5-11(14(22)23)8(2)24-9/h3-5H,6H2,1-2H3,(H,19,21)(H,22,23). The Hall–Kier alpha value is -2.84. The van der Waals surface area contributed by atoms with Gasteiger partial charge in [-0.05, 0) is 32.0 Å². The first-order valence-corrected chi connectivity index (χ1v) is 6.75. The SMILES string of the molecule is Cc1nc(C(F)(F)F)ccc1C(=O)NCc1cc(C(=O)O)c(C)o1. The lowest BCUT2D eigenvalue weighted by Gasteiger charge is -2.10. The smallest absolute Gasteiger partial charge is 0.433 e. The third-order valence-corrected chi connectivity index (χ3v) is 3.24. The van der Waals surface area contributed by atoms with Gasteiger partial charge < -0.3 is 14.8 Å². The number of pyridine rings is 1. The van der Waals surface area contributed by atoms with Crippen molar-refractivity contribution < 1.29 is 32.3 Å². The zero-order valence-electron chi connectivity index (χ0n) is 12.7. The number of halogens is 3. The molecule has 0 aliphatic carbocycles. The molecule has 0 aliphatic heterocycles. The van der Waals surface area contributed by atoms with Crippen LogP contribution < -0.4 is 5.32 Å². The van der Waals surface area contributed by atoms with E-state index in [9.17, 15) is 22.8 Å². The van der Waals surface area contributed by atoms with Gasteiger partial charge in [0.25, 0.3) is 5.91 Å². The number of aromatic nitrogens is 1. The van der Waals surface area contributed by atoms with Gasteiger partial charge in [-0.1, -0.05) is 0 Å². The van der Waals surface area contributed by atoms with Gasteiger partial charge in [0.2, 0.25) is 0 Å². The zero-order valence-corrected chi connectivity index (χ0v) is 12.7. The van der Waals surface area contributed by atoms with Crippen LogP contribution in [0.25, 0.3) is 0 Å². The van der Waals surface area contributed by atoms with Crippen LogP contribution in [0.4, 0.5) is 13.2 Å². The second-order valence-corrected chi connectivity index (χ2v) is 5.00. The fourth-order valence-electron chi connectivity index (χ4n) is 2.06. The molecule has 0 unspecified atom stereocenters. The van der Waals surface area contributed by atoms with Gasteiger partial charge in [0.15, 0.2) is 0 Å². The summed E-state index contributed by atoms with van der Waals surface area (Å²) in [4.78, 5) is 26.3. The summed E-state index contributed by atoms with van der Waals surface area (Å²) >= 11 is 0. The van der Waals surface area contributed by atoms with Crippen LogP contribution in [0.3, 0.4) is 0 Å². The van der Waals surface area contributed by atoms with Crippen LogP contribution >= 0.6 is 0 Å². The largest absolute Gasteiger partial charge is 0.478 e. The summed E-state index contributed by atoms with van der Waals surface area (Å²) in [7, 11) is 0. The molecule has 2 aromatic heterocycles. The van der Waals surface area contributed by atoms with Crippen molar-refractivity contribution in [2.75, 3.05) is 0 Å². The van der Waals surface area contributed by atoms with E-state index in [1.807, 2.05) is 0 Å². The third kappa shape index (κ3) is 3.73. The van der Waals surface area contributed by atoms with E-state index < -0.39 is 23.7 Å². The van der Waals surface area contributed by atoms with Crippen LogP contribution in [0, 0.1) is 13.8 Å². The quantitative estimate of drug-likeness (QED) is 0.891. The number of hydrogen-bond acceptors (Lipinski definition) is 4. The third-order valence-electron chi connectivity index (χ3n) is 3.24. The minimum Gasteiger partial charge on any atom is -0.478 e. The van der Waals surface area contributed by atoms with Gasteiger partial charge in [-0.3, -0.25) is 4.79 Å². The number of alkyl halides is 3. The molecule has 0 bridgehead atoms. The van der Waals surface area contributed by atoms with E-state index in [0.29, 0.717) is 0 Å². The van der Waals surface area contributed by atoms with E-state index in [0.717, 1.165) is 12.1 Å². The summed E-state index contributed by atoms with van der Waals surface area (Å²) in [5.74, 6) is -1.38. The predicted octanol–water partition coefficient (Wildman–Crippen LogP) is 2.94. The summed E-state index contributed by atoms with van der Waals surface area (Å²) in [6.07, 6.45) is -4.58. The molecule has 24 heavy (non-hydrogen) atoms. The van der Waals surface area contributed by atoms with E-state index in [2.05, 4.69) is 10.3 Å². The summed E-state index contributed by atoms with van der Waals surface area (Å²) in [6.45, 7) is 2.66. The minimum absolute atomic E-state index is 0.00950. The maximum Gasteiger partial charge on any atom is 0.433 e. The summed E-state index contributed by atoms with van der Waals surface area (Å²) in [5, 5.41) is 11.4. The first-order valence-electron chi connectivity index (χ1n) is 6.75. The Labute approximate surface area is 134 Å². The highest BCUT2D eigenvalue weighted by atomic mass is 19.4.